The highest BCUT2D eigenvalue weighted by Crippen LogP contribution is 2.33. The summed E-state index contributed by atoms with van der Waals surface area (Å²) in [6.07, 6.45) is 5.33. The molecule has 0 spiro atoms. The molecule has 1 aliphatic carbocycles. The summed E-state index contributed by atoms with van der Waals surface area (Å²) >= 11 is 0. The number of carbonyl (C=O) groups excluding carboxylic acids is 1. The van der Waals surface area contributed by atoms with E-state index in [4.69, 9.17) is 4.74 Å². The summed E-state index contributed by atoms with van der Waals surface area (Å²) in [6, 6.07) is 2.76. The number of esters is 1. The number of hydrogen-bond acceptors (Lipinski definition) is 6. The molecule has 0 heterocycles. The van der Waals surface area contributed by atoms with Crippen LogP contribution in [0.4, 0.5) is 11.4 Å². The molecule has 1 unspecified atom stereocenters. The number of ether oxygens (including phenoxy) is 1. The van der Waals surface area contributed by atoms with E-state index in [-0.39, 0.29) is 11.5 Å². The van der Waals surface area contributed by atoms with Gasteiger partial charge in [-0.15, -0.1) is 0 Å². The third kappa shape index (κ3) is 4.28. The number of nitrogens with zero attached hydrogens (tertiary/aromatic N) is 2. The van der Waals surface area contributed by atoms with Gasteiger partial charge in [0.15, 0.2) is 0 Å². The van der Waals surface area contributed by atoms with Crippen LogP contribution in [0.25, 0.3) is 0 Å². The van der Waals surface area contributed by atoms with E-state index in [0.29, 0.717) is 0 Å². The van der Waals surface area contributed by atoms with Crippen LogP contribution in [0.15, 0.2) is 42.5 Å². The molecule has 0 saturated heterocycles. The number of nitro groups is 2. The van der Waals surface area contributed by atoms with Gasteiger partial charge in [-0.05, 0) is 26.7 Å². The summed E-state index contributed by atoms with van der Waals surface area (Å²) < 4.78 is 5.50. The first-order chi connectivity index (χ1) is 11.6. The summed E-state index contributed by atoms with van der Waals surface area (Å²) in [5, 5.41) is 21.9. The third-order valence-electron chi connectivity index (χ3n) is 4.15. The first kappa shape index (κ1) is 18.3. The van der Waals surface area contributed by atoms with Crippen molar-refractivity contribution in [3.05, 3.63) is 68.3 Å². The van der Waals surface area contributed by atoms with Crippen molar-refractivity contribution in [3.63, 3.8) is 0 Å². The third-order valence-corrected chi connectivity index (χ3v) is 4.15. The predicted octanol–water partition coefficient (Wildman–Crippen LogP) is 3.96. The Labute approximate surface area is 144 Å². The minimum atomic E-state index is -0.867. The number of nitro benzene ring substituents is 2. The Hall–Kier alpha value is -3.03. The molecule has 8 nitrogen and oxygen atoms in total. The van der Waals surface area contributed by atoms with E-state index in [1.807, 2.05) is 12.2 Å². The summed E-state index contributed by atoms with van der Waals surface area (Å²) in [6.45, 7) is 7.34. The fourth-order valence-corrected chi connectivity index (χ4v) is 2.65. The monoisotopic (exact) mass is 346 g/mol. The molecule has 0 bridgehead atoms. The molecule has 0 aliphatic heterocycles. The van der Waals surface area contributed by atoms with Crippen molar-refractivity contribution in [2.75, 3.05) is 0 Å². The van der Waals surface area contributed by atoms with Crippen LogP contribution in [0.2, 0.25) is 0 Å². The van der Waals surface area contributed by atoms with Gasteiger partial charge in [0.05, 0.1) is 21.5 Å². The van der Waals surface area contributed by atoms with Gasteiger partial charge < -0.3 is 4.74 Å². The molecule has 1 aromatic carbocycles. The van der Waals surface area contributed by atoms with Crippen molar-refractivity contribution in [1.29, 1.82) is 0 Å². The second kappa shape index (κ2) is 6.84. The van der Waals surface area contributed by atoms with Crippen LogP contribution < -0.4 is 0 Å². The van der Waals surface area contributed by atoms with Crippen LogP contribution in [0.1, 0.15) is 37.0 Å². The molecule has 0 aromatic heterocycles. The SMILES string of the molecule is C=C1C=CC(C(C)(C)OC(=O)c2cc([N+](=O)[O-])cc([N+](=O)[O-])c2)CC1. The summed E-state index contributed by atoms with van der Waals surface area (Å²) in [4.78, 5) is 32.7. The molecular formula is C17H18N2O6. The lowest BCUT2D eigenvalue weighted by Gasteiger charge is -2.34. The molecular weight excluding hydrogens is 328 g/mol. The summed E-state index contributed by atoms with van der Waals surface area (Å²) in [5.74, 6) is -0.884. The number of rotatable bonds is 5. The highest BCUT2D eigenvalue weighted by Gasteiger charge is 2.34. The lowest BCUT2D eigenvalue weighted by Crippen LogP contribution is -2.36. The van der Waals surface area contributed by atoms with Gasteiger partial charge in [0, 0.05) is 18.1 Å². The zero-order valence-electron chi connectivity index (χ0n) is 13.9. The minimum Gasteiger partial charge on any atom is -0.455 e. The molecule has 0 radical (unpaired) electrons. The van der Waals surface area contributed by atoms with E-state index in [1.54, 1.807) is 13.8 Å². The molecule has 2 rings (SSSR count). The van der Waals surface area contributed by atoms with Gasteiger partial charge in [0.25, 0.3) is 11.4 Å². The number of carbonyl (C=O) groups is 1. The molecule has 1 aliphatic rings. The first-order valence-electron chi connectivity index (χ1n) is 7.63. The Bertz CT molecular complexity index is 749. The van der Waals surface area contributed by atoms with Gasteiger partial charge >= 0.3 is 5.97 Å². The Morgan fingerprint density at radius 1 is 1.20 bits per heavy atom. The zero-order chi connectivity index (χ0) is 18.8. The van der Waals surface area contributed by atoms with Crippen LogP contribution >= 0.6 is 0 Å². The maximum Gasteiger partial charge on any atom is 0.339 e. The van der Waals surface area contributed by atoms with Gasteiger partial charge in [0.2, 0.25) is 0 Å². The Morgan fingerprint density at radius 3 is 2.20 bits per heavy atom. The Morgan fingerprint density at radius 2 is 1.76 bits per heavy atom. The molecule has 8 heteroatoms. The fourth-order valence-electron chi connectivity index (χ4n) is 2.65. The van der Waals surface area contributed by atoms with Crippen LogP contribution in [-0.4, -0.2) is 21.4 Å². The molecule has 132 valence electrons. The fraction of sp³-hybridized carbons (Fsp3) is 0.353. The highest BCUT2D eigenvalue weighted by atomic mass is 16.6. The van der Waals surface area contributed by atoms with Crippen molar-refractivity contribution in [3.8, 4) is 0 Å². The number of benzene rings is 1. The van der Waals surface area contributed by atoms with Gasteiger partial charge in [-0.25, -0.2) is 4.79 Å². The smallest absolute Gasteiger partial charge is 0.339 e. The Balaban J connectivity index is 2.28. The van der Waals surface area contributed by atoms with Gasteiger partial charge in [-0.1, -0.05) is 24.3 Å². The molecule has 1 atom stereocenters. The number of non-ortho nitro benzene ring substituents is 2. The van der Waals surface area contributed by atoms with Crippen LogP contribution in [0.3, 0.4) is 0 Å². The van der Waals surface area contributed by atoms with E-state index in [1.165, 1.54) is 0 Å². The summed E-state index contributed by atoms with van der Waals surface area (Å²) in [5.41, 5.74) is -1.17. The molecule has 0 amide bonds. The quantitative estimate of drug-likeness (QED) is 0.453. The van der Waals surface area contributed by atoms with E-state index < -0.39 is 32.8 Å². The summed E-state index contributed by atoms with van der Waals surface area (Å²) in [7, 11) is 0. The van der Waals surface area contributed by atoms with Crippen molar-refractivity contribution < 1.29 is 19.4 Å². The average Bonchev–Trinajstić information content (AvgIpc) is 2.54. The van der Waals surface area contributed by atoms with E-state index in [2.05, 4.69) is 6.58 Å². The maximum atomic E-state index is 12.4. The molecule has 0 saturated carbocycles. The lowest BCUT2D eigenvalue weighted by atomic mass is 9.82. The second-order valence-electron chi connectivity index (χ2n) is 6.41. The molecule has 25 heavy (non-hydrogen) atoms. The molecule has 0 fully saturated rings. The second-order valence-corrected chi connectivity index (χ2v) is 6.41. The van der Waals surface area contributed by atoms with Crippen molar-refractivity contribution >= 4 is 17.3 Å². The van der Waals surface area contributed by atoms with Gasteiger partial charge in [0.1, 0.15) is 5.60 Å². The van der Waals surface area contributed by atoms with E-state index in [0.717, 1.165) is 36.6 Å². The number of allylic oxidation sites excluding steroid dienone is 2. The van der Waals surface area contributed by atoms with Crippen molar-refractivity contribution in [2.24, 2.45) is 5.92 Å². The largest absolute Gasteiger partial charge is 0.455 e. The molecule has 0 N–H and O–H groups in total. The van der Waals surface area contributed by atoms with E-state index in [9.17, 15) is 25.0 Å². The normalized spacial score (nSPS) is 17.2. The molecule has 1 aromatic rings. The van der Waals surface area contributed by atoms with Gasteiger partial charge in [-0.2, -0.15) is 0 Å². The maximum absolute atomic E-state index is 12.4. The highest BCUT2D eigenvalue weighted by molar-refractivity contribution is 5.91. The van der Waals surface area contributed by atoms with Crippen molar-refractivity contribution in [1.82, 2.24) is 0 Å². The average molecular weight is 346 g/mol. The lowest BCUT2D eigenvalue weighted by molar-refractivity contribution is -0.394. The van der Waals surface area contributed by atoms with Crippen LogP contribution in [0, 0.1) is 26.1 Å². The van der Waals surface area contributed by atoms with Crippen LogP contribution in [0.5, 0.6) is 0 Å². The topological polar surface area (TPSA) is 113 Å². The van der Waals surface area contributed by atoms with Gasteiger partial charge in [-0.3, -0.25) is 20.2 Å². The predicted molar refractivity (Wildman–Crippen MR) is 90.2 cm³/mol. The standard InChI is InChI=1S/C17H18N2O6/c1-11-4-6-13(7-5-11)17(2,3)25-16(20)12-8-14(18(21)22)10-15(9-12)19(23)24/h4,6,8-10,13H,1,5,7H2,2-3H3. The van der Waals surface area contributed by atoms with Crippen molar-refractivity contribution in [2.45, 2.75) is 32.3 Å². The number of hydrogen-bond donors (Lipinski definition) is 0. The Kier molecular flexibility index (Phi) is 5.01. The van der Waals surface area contributed by atoms with E-state index >= 15 is 0 Å². The first-order valence-corrected chi connectivity index (χ1v) is 7.63. The van der Waals surface area contributed by atoms with Crippen LogP contribution in [-0.2, 0) is 4.74 Å². The zero-order valence-corrected chi connectivity index (χ0v) is 13.9. The minimum absolute atomic E-state index is 0.0457.